The minimum atomic E-state index is -1.14. The maximum Gasteiger partial charge on any atom is 0.251 e. The number of amides is 1. The quantitative estimate of drug-likeness (QED) is 0.351. The number of rotatable bonds is 8. The van der Waals surface area contributed by atoms with Crippen molar-refractivity contribution < 1.29 is 14.1 Å². The number of aromatic nitrogens is 2. The van der Waals surface area contributed by atoms with Crippen LogP contribution in [0.15, 0.2) is 53.8 Å². The Hall–Kier alpha value is -3.14. The second-order valence-corrected chi connectivity index (χ2v) is 10.1. The fourth-order valence-electron chi connectivity index (χ4n) is 3.64. The van der Waals surface area contributed by atoms with Gasteiger partial charge in [0.1, 0.15) is 11.5 Å². The van der Waals surface area contributed by atoms with E-state index >= 15 is 0 Å². The molecule has 170 valence electrons. The summed E-state index contributed by atoms with van der Waals surface area (Å²) in [5.74, 6) is 0.601. The van der Waals surface area contributed by atoms with Crippen LogP contribution in [0.1, 0.15) is 34.3 Å². The van der Waals surface area contributed by atoms with E-state index in [4.69, 9.17) is 10.1 Å². The average molecular weight is 464 g/mol. The van der Waals surface area contributed by atoms with Crippen molar-refractivity contribution in [2.45, 2.75) is 36.0 Å². The minimum absolute atomic E-state index is 0.0270. The van der Waals surface area contributed by atoms with E-state index < -0.39 is 11.2 Å². The third kappa shape index (κ3) is 4.52. The Bertz CT molecular complexity index is 1250. The Labute approximate surface area is 194 Å². The molecule has 1 saturated heterocycles. The van der Waals surface area contributed by atoms with E-state index in [1.54, 1.807) is 12.4 Å². The van der Waals surface area contributed by atoms with Gasteiger partial charge in [-0.3, -0.25) is 9.20 Å². The van der Waals surface area contributed by atoms with Gasteiger partial charge in [-0.1, -0.05) is 6.07 Å². The number of imidazole rings is 1. The molecule has 2 aliphatic rings. The number of carbonyl (C=O) groups is 1. The van der Waals surface area contributed by atoms with Crippen molar-refractivity contribution in [3.05, 3.63) is 65.6 Å². The second kappa shape index (κ2) is 9.01. The summed E-state index contributed by atoms with van der Waals surface area (Å²) in [6.07, 6.45) is 8.57. The van der Waals surface area contributed by atoms with Gasteiger partial charge >= 0.3 is 0 Å². The molecule has 1 aromatic carbocycles. The Kier molecular flexibility index (Phi) is 5.92. The molecular weight excluding hydrogens is 438 g/mol. The van der Waals surface area contributed by atoms with Gasteiger partial charge in [0, 0.05) is 29.6 Å². The summed E-state index contributed by atoms with van der Waals surface area (Å²) in [6.45, 7) is 2.99. The van der Waals surface area contributed by atoms with E-state index in [1.165, 1.54) is 6.21 Å². The van der Waals surface area contributed by atoms with Crippen molar-refractivity contribution in [2.24, 2.45) is 0 Å². The molecule has 8 nitrogen and oxygen atoms in total. The Balaban J connectivity index is 1.40. The molecule has 0 spiro atoms. The molecule has 1 saturated carbocycles. The summed E-state index contributed by atoms with van der Waals surface area (Å²) in [5, 5.41) is 14.2. The van der Waals surface area contributed by atoms with Crippen molar-refractivity contribution in [1.82, 2.24) is 14.7 Å². The van der Waals surface area contributed by atoms with Crippen molar-refractivity contribution >= 4 is 40.3 Å². The molecular formula is C24H25N5O3S. The molecule has 0 radical (unpaired) electrons. The predicted molar refractivity (Wildman–Crippen MR) is 128 cm³/mol. The maximum atomic E-state index is 12.7. The topological polar surface area (TPSA) is 115 Å². The van der Waals surface area contributed by atoms with E-state index in [2.05, 4.69) is 15.6 Å². The number of hydrogen-bond donors (Lipinski definition) is 3. The molecule has 3 aromatic rings. The lowest BCUT2D eigenvalue weighted by molar-refractivity contribution is 0.0415. The summed E-state index contributed by atoms with van der Waals surface area (Å²) in [7, 11) is 0. The molecule has 1 atom stereocenters. The highest BCUT2D eigenvalue weighted by Crippen LogP contribution is 2.25. The third-order valence-corrected chi connectivity index (χ3v) is 7.46. The lowest BCUT2D eigenvalue weighted by atomic mass is 9.99. The number of nitrogens with zero attached hydrogens (tertiary/aromatic N) is 2. The van der Waals surface area contributed by atoms with Crippen LogP contribution in [-0.2, 0) is 15.9 Å². The van der Waals surface area contributed by atoms with Crippen LogP contribution in [0.4, 0.5) is 5.82 Å². The summed E-state index contributed by atoms with van der Waals surface area (Å²) in [4.78, 5) is 17.6. The molecule has 0 bridgehead atoms. The van der Waals surface area contributed by atoms with Crippen LogP contribution >= 0.6 is 0 Å². The Morgan fingerprint density at radius 1 is 1.30 bits per heavy atom. The normalized spacial score (nSPS) is 17.5. The molecule has 9 heteroatoms. The van der Waals surface area contributed by atoms with E-state index in [0.29, 0.717) is 30.2 Å². The molecule has 33 heavy (non-hydrogen) atoms. The number of ether oxygens (including phenoxy) is 1. The molecule has 3 N–H and O–H groups in total. The standard InChI is InChI=1S/C24H25N5O3S/c1-15-2-3-16(24(30)28-18-4-5-18)8-21(15)17(9-25)10-26-23-11-27-22-7-6-19(12-29(22)23)33(31)20-13-32-14-20/h2-3,6-12,18,20,25-26H,4-5,13-14H2,1H3,(H,28,30)/b17-10+,25-9?. The van der Waals surface area contributed by atoms with Gasteiger partial charge in [-0.15, -0.1) is 0 Å². The number of aryl methyl sites for hydroxylation is 1. The van der Waals surface area contributed by atoms with Gasteiger partial charge in [0.05, 0.1) is 25.6 Å². The van der Waals surface area contributed by atoms with Crippen molar-refractivity contribution in [2.75, 3.05) is 18.5 Å². The largest absolute Gasteiger partial charge is 0.611 e. The Morgan fingerprint density at radius 2 is 2.12 bits per heavy atom. The molecule has 1 unspecified atom stereocenters. The summed E-state index contributed by atoms with van der Waals surface area (Å²) >= 11 is -1.14. The zero-order chi connectivity index (χ0) is 22.9. The van der Waals surface area contributed by atoms with Crippen LogP contribution in [0.25, 0.3) is 11.2 Å². The van der Waals surface area contributed by atoms with Crippen molar-refractivity contribution in [3.63, 3.8) is 0 Å². The van der Waals surface area contributed by atoms with Crippen molar-refractivity contribution in [3.8, 4) is 0 Å². The van der Waals surface area contributed by atoms with Gasteiger partial charge in [0.2, 0.25) is 0 Å². The highest BCUT2D eigenvalue weighted by molar-refractivity contribution is 7.92. The SMILES string of the molecule is Cc1ccc(C(=O)NC2CC2)cc1/C(C=N)=C/Nc1cnc2ccc([S+]([O-])C3COC3)cn12. The van der Waals surface area contributed by atoms with E-state index in [0.717, 1.165) is 34.5 Å². The van der Waals surface area contributed by atoms with Crippen LogP contribution in [0, 0.1) is 12.3 Å². The number of hydrogen-bond acceptors (Lipinski definition) is 6. The third-order valence-electron chi connectivity index (χ3n) is 5.88. The van der Waals surface area contributed by atoms with E-state index in [-0.39, 0.29) is 17.2 Å². The molecule has 2 aromatic heterocycles. The molecule has 1 aliphatic heterocycles. The van der Waals surface area contributed by atoms with E-state index in [1.807, 2.05) is 47.9 Å². The predicted octanol–water partition coefficient (Wildman–Crippen LogP) is 3.14. The lowest BCUT2D eigenvalue weighted by Gasteiger charge is -2.27. The van der Waals surface area contributed by atoms with Gasteiger partial charge in [0.25, 0.3) is 5.91 Å². The van der Waals surface area contributed by atoms with Gasteiger partial charge < -0.3 is 25.3 Å². The van der Waals surface area contributed by atoms with Crippen LogP contribution < -0.4 is 10.6 Å². The zero-order valence-electron chi connectivity index (χ0n) is 18.2. The zero-order valence-corrected chi connectivity index (χ0v) is 19.0. The lowest BCUT2D eigenvalue weighted by Crippen LogP contribution is -2.40. The van der Waals surface area contributed by atoms with E-state index in [9.17, 15) is 9.35 Å². The van der Waals surface area contributed by atoms with Crippen LogP contribution in [0.5, 0.6) is 0 Å². The molecule has 1 amide bonds. The number of anilines is 1. The first-order valence-electron chi connectivity index (χ1n) is 10.9. The molecule has 5 rings (SSSR count). The number of fused-ring (bicyclic) bond motifs is 1. The van der Waals surface area contributed by atoms with Crippen LogP contribution in [0.3, 0.4) is 0 Å². The van der Waals surface area contributed by atoms with Gasteiger partial charge in [0.15, 0.2) is 10.1 Å². The van der Waals surface area contributed by atoms with Crippen LogP contribution in [-0.4, -0.2) is 50.6 Å². The smallest absolute Gasteiger partial charge is 0.251 e. The highest BCUT2D eigenvalue weighted by atomic mass is 32.2. The number of carbonyl (C=O) groups excluding carboxylic acids is 1. The number of benzene rings is 1. The molecule has 2 fully saturated rings. The number of nitrogens with one attached hydrogen (secondary N) is 3. The summed E-state index contributed by atoms with van der Waals surface area (Å²) in [5.41, 5.74) is 3.71. The van der Waals surface area contributed by atoms with Crippen molar-refractivity contribution in [1.29, 1.82) is 5.41 Å². The molecule has 3 heterocycles. The van der Waals surface area contributed by atoms with Gasteiger partial charge in [-0.05, 0) is 66.3 Å². The minimum Gasteiger partial charge on any atom is -0.611 e. The fraction of sp³-hybridized carbons (Fsp3) is 0.292. The maximum absolute atomic E-state index is 12.7. The highest BCUT2D eigenvalue weighted by Gasteiger charge is 2.32. The monoisotopic (exact) mass is 463 g/mol. The average Bonchev–Trinajstić information content (AvgIpc) is 3.50. The summed E-state index contributed by atoms with van der Waals surface area (Å²) in [6, 6.07) is 9.49. The first-order valence-corrected chi connectivity index (χ1v) is 12.1. The Morgan fingerprint density at radius 3 is 2.82 bits per heavy atom. The number of allylic oxidation sites excluding steroid dienone is 1. The van der Waals surface area contributed by atoms with Crippen LogP contribution in [0.2, 0.25) is 0 Å². The van der Waals surface area contributed by atoms with Gasteiger partial charge in [-0.2, -0.15) is 0 Å². The van der Waals surface area contributed by atoms with Gasteiger partial charge in [-0.25, -0.2) is 4.98 Å². The molecule has 1 aliphatic carbocycles. The second-order valence-electron chi connectivity index (χ2n) is 8.36. The first kappa shape index (κ1) is 21.7. The first-order chi connectivity index (χ1) is 16.0. The number of pyridine rings is 1. The fourth-order valence-corrected chi connectivity index (χ4v) is 4.87. The summed E-state index contributed by atoms with van der Waals surface area (Å²) < 4.78 is 19.7.